The van der Waals surface area contributed by atoms with Crippen LogP contribution in [0.25, 0.3) is 5.52 Å². The maximum absolute atomic E-state index is 12.6. The first-order chi connectivity index (χ1) is 16.1. The van der Waals surface area contributed by atoms with Gasteiger partial charge >= 0.3 is 11.9 Å². The van der Waals surface area contributed by atoms with Gasteiger partial charge in [0.05, 0.1) is 11.4 Å². The predicted molar refractivity (Wildman–Crippen MR) is 122 cm³/mol. The number of aliphatic carboxylic acids is 1. The summed E-state index contributed by atoms with van der Waals surface area (Å²) in [4.78, 5) is 39.3. The van der Waals surface area contributed by atoms with E-state index < -0.39 is 40.0 Å². The lowest BCUT2D eigenvalue weighted by molar-refractivity contribution is -0.477. The van der Waals surface area contributed by atoms with Crippen molar-refractivity contribution in [3.63, 3.8) is 0 Å². The van der Waals surface area contributed by atoms with E-state index in [9.17, 15) is 27.9 Å². The van der Waals surface area contributed by atoms with Gasteiger partial charge in [-0.2, -0.15) is 4.72 Å². The van der Waals surface area contributed by atoms with E-state index in [0.29, 0.717) is 12.1 Å². The Hall–Kier alpha value is -4.23. The summed E-state index contributed by atoms with van der Waals surface area (Å²) in [5.74, 6) is -2.18. The van der Waals surface area contributed by atoms with Crippen LogP contribution >= 0.6 is 0 Å². The van der Waals surface area contributed by atoms with Crippen molar-refractivity contribution < 1.29 is 28.1 Å². The molecular weight excluding hydrogens is 464 g/mol. The summed E-state index contributed by atoms with van der Waals surface area (Å²) in [7, 11) is -4.12. The molecule has 0 aliphatic carbocycles. The lowest BCUT2D eigenvalue weighted by Crippen LogP contribution is -2.76. The number of nitrogens with zero attached hydrogens (tertiary/aromatic N) is 1. The molecule has 1 atom stereocenters. The Morgan fingerprint density at radius 2 is 1.79 bits per heavy atom. The topological polar surface area (TPSA) is 200 Å². The van der Waals surface area contributed by atoms with E-state index >= 15 is 0 Å². The number of sulfonamides is 1. The molecule has 0 aliphatic rings. The summed E-state index contributed by atoms with van der Waals surface area (Å²) in [6.07, 6.45) is 1.56. The van der Waals surface area contributed by atoms with Crippen molar-refractivity contribution in [1.82, 2.24) is 14.4 Å². The molecular formula is C21H23N6O6S+. The second-order valence-electron chi connectivity index (χ2n) is 7.26. The van der Waals surface area contributed by atoms with Crippen LogP contribution in [0.2, 0.25) is 0 Å². The first-order valence-corrected chi connectivity index (χ1v) is 11.4. The van der Waals surface area contributed by atoms with Crippen LogP contribution in [0.4, 0.5) is 0 Å². The van der Waals surface area contributed by atoms with Gasteiger partial charge in [-0.15, -0.1) is 0 Å². The van der Waals surface area contributed by atoms with Crippen LogP contribution in [-0.4, -0.2) is 48.3 Å². The molecule has 2 heterocycles. The number of aromatic nitrogens is 1. The molecule has 1 amide bonds. The Morgan fingerprint density at radius 1 is 1.09 bits per heavy atom. The SMILES string of the molecule is NC(N)=[NH+]Cc1ccc2cc(C(=O)NCC(NS(=O)(=O)c3ccccc3)C(=O)O)cc(=O)n2c1. The number of amides is 1. The van der Waals surface area contributed by atoms with Crippen LogP contribution in [0.3, 0.4) is 0 Å². The number of carbonyl (C=O) groups is 2. The van der Waals surface area contributed by atoms with Crippen LogP contribution in [0.5, 0.6) is 0 Å². The van der Waals surface area contributed by atoms with Crippen molar-refractivity contribution >= 4 is 33.4 Å². The number of pyridine rings is 2. The van der Waals surface area contributed by atoms with Crippen molar-refractivity contribution in [1.29, 1.82) is 0 Å². The molecule has 0 aliphatic heterocycles. The molecule has 0 fully saturated rings. The third-order valence-electron chi connectivity index (χ3n) is 4.74. The van der Waals surface area contributed by atoms with Crippen LogP contribution in [0.1, 0.15) is 15.9 Å². The third kappa shape index (κ3) is 5.96. The van der Waals surface area contributed by atoms with Gasteiger partial charge in [-0.25, -0.2) is 8.42 Å². The van der Waals surface area contributed by atoms with Crippen LogP contribution in [0.15, 0.2) is 70.5 Å². The molecule has 178 valence electrons. The summed E-state index contributed by atoms with van der Waals surface area (Å²) in [6.45, 7) is -0.246. The molecule has 3 rings (SSSR count). The summed E-state index contributed by atoms with van der Waals surface area (Å²) in [6, 6.07) is 11.5. The Bertz CT molecular complexity index is 1410. The molecule has 2 aromatic heterocycles. The van der Waals surface area contributed by atoms with Gasteiger partial charge in [0.25, 0.3) is 11.5 Å². The van der Waals surface area contributed by atoms with E-state index in [1.54, 1.807) is 24.4 Å². The van der Waals surface area contributed by atoms with Crippen molar-refractivity contribution in [3.05, 3.63) is 82.3 Å². The molecule has 0 saturated carbocycles. The predicted octanol–water partition coefficient (Wildman–Crippen LogP) is -2.68. The molecule has 8 N–H and O–H groups in total. The van der Waals surface area contributed by atoms with Crippen molar-refractivity contribution in [3.8, 4) is 0 Å². The maximum atomic E-state index is 12.6. The van der Waals surface area contributed by atoms with Crippen molar-refractivity contribution in [2.75, 3.05) is 6.54 Å². The average molecular weight is 488 g/mol. The van der Waals surface area contributed by atoms with Gasteiger partial charge in [0, 0.05) is 35.5 Å². The highest BCUT2D eigenvalue weighted by Crippen LogP contribution is 2.09. The van der Waals surface area contributed by atoms with E-state index in [2.05, 4.69) is 10.3 Å². The van der Waals surface area contributed by atoms with E-state index in [4.69, 9.17) is 11.5 Å². The number of carboxylic acids is 1. The first-order valence-electron chi connectivity index (χ1n) is 9.92. The highest BCUT2D eigenvalue weighted by molar-refractivity contribution is 7.89. The number of guanidine groups is 1. The average Bonchev–Trinajstić information content (AvgIpc) is 2.80. The van der Waals surface area contributed by atoms with Gasteiger partial charge in [-0.05, 0) is 24.3 Å². The second-order valence-corrected chi connectivity index (χ2v) is 8.97. The highest BCUT2D eigenvalue weighted by Gasteiger charge is 2.26. The van der Waals surface area contributed by atoms with Gasteiger partial charge < -0.3 is 10.4 Å². The minimum Gasteiger partial charge on any atom is -0.480 e. The second kappa shape index (κ2) is 10.1. The minimum atomic E-state index is -4.12. The highest BCUT2D eigenvalue weighted by atomic mass is 32.2. The van der Waals surface area contributed by atoms with Crippen LogP contribution in [0, 0.1) is 0 Å². The molecule has 13 heteroatoms. The first kappa shape index (κ1) is 24.4. The molecule has 1 unspecified atom stereocenters. The van der Waals surface area contributed by atoms with Crippen LogP contribution in [-0.2, 0) is 21.4 Å². The van der Waals surface area contributed by atoms with Crippen LogP contribution < -0.4 is 32.1 Å². The largest absolute Gasteiger partial charge is 0.480 e. The quantitative estimate of drug-likeness (QED) is 0.138. The Labute approximate surface area is 194 Å². The van der Waals surface area contributed by atoms with E-state index in [0.717, 1.165) is 11.6 Å². The van der Waals surface area contributed by atoms with Gasteiger partial charge in [-0.1, -0.05) is 24.3 Å². The van der Waals surface area contributed by atoms with Crippen molar-refractivity contribution in [2.24, 2.45) is 11.5 Å². The summed E-state index contributed by atoms with van der Waals surface area (Å²) < 4.78 is 28.2. The summed E-state index contributed by atoms with van der Waals surface area (Å²) in [5, 5.41) is 11.8. The summed E-state index contributed by atoms with van der Waals surface area (Å²) >= 11 is 0. The standard InChI is InChI=1S/C21H22N6O6S/c22-21(23)25-10-13-6-7-15-8-14(9-18(28)27(15)12-13)19(29)24-11-17(20(30)31)26-34(32,33)16-4-2-1-3-5-16/h1-9,12,17,26H,10-11H2,(H,24,29)(H,30,31)(H4,22,23,25)/p+1. The fourth-order valence-corrected chi connectivity index (χ4v) is 4.25. The zero-order valence-electron chi connectivity index (χ0n) is 17.8. The number of rotatable bonds is 9. The van der Waals surface area contributed by atoms with Gasteiger partial charge in [0.15, 0.2) is 0 Å². The van der Waals surface area contributed by atoms with E-state index in [1.807, 2.05) is 4.72 Å². The monoisotopic (exact) mass is 487 g/mol. The molecule has 0 bridgehead atoms. The van der Waals surface area contributed by atoms with Gasteiger partial charge in [0.1, 0.15) is 6.04 Å². The van der Waals surface area contributed by atoms with Crippen molar-refractivity contribution in [2.45, 2.75) is 17.5 Å². The lowest BCUT2D eigenvalue weighted by atomic mass is 10.2. The number of fused-ring (bicyclic) bond motifs is 1. The Morgan fingerprint density at radius 3 is 2.44 bits per heavy atom. The van der Waals surface area contributed by atoms with E-state index in [1.165, 1.54) is 34.7 Å². The number of carbonyl (C=O) groups excluding carboxylic acids is 1. The Kier molecular flexibility index (Phi) is 7.28. The smallest absolute Gasteiger partial charge is 0.339 e. The van der Waals surface area contributed by atoms with Gasteiger partial charge in [0.2, 0.25) is 10.0 Å². The number of hydrogen-bond donors (Lipinski definition) is 6. The number of hydrogen-bond acceptors (Lipinski definition) is 5. The molecule has 3 aromatic rings. The normalized spacial score (nSPS) is 12.1. The molecule has 1 aromatic carbocycles. The van der Waals surface area contributed by atoms with Gasteiger partial charge in [-0.3, -0.25) is 35.2 Å². The zero-order chi connectivity index (χ0) is 24.9. The number of nitrogens with two attached hydrogens (primary N) is 2. The summed E-state index contributed by atoms with van der Waals surface area (Å²) in [5.41, 5.74) is 11.4. The third-order valence-corrected chi connectivity index (χ3v) is 6.22. The zero-order valence-corrected chi connectivity index (χ0v) is 18.6. The fraction of sp³-hybridized carbons (Fsp3) is 0.143. The molecule has 12 nitrogen and oxygen atoms in total. The fourth-order valence-electron chi connectivity index (χ4n) is 3.04. The number of nitrogens with one attached hydrogen (secondary N) is 3. The Balaban J connectivity index is 1.75. The molecule has 0 saturated heterocycles. The minimum absolute atomic E-state index is 0.00883. The molecule has 34 heavy (non-hydrogen) atoms. The number of benzene rings is 1. The van der Waals surface area contributed by atoms with E-state index in [-0.39, 0.29) is 16.4 Å². The lowest BCUT2D eigenvalue weighted by Gasteiger charge is -2.16. The maximum Gasteiger partial charge on any atom is 0.339 e. The molecule has 0 spiro atoms. The number of carboxylic acid groups (broad SMARTS) is 1. The molecule has 0 radical (unpaired) electrons.